The van der Waals surface area contributed by atoms with E-state index in [0.717, 1.165) is 65.0 Å². The Morgan fingerprint density at radius 3 is 2.63 bits per heavy atom. The van der Waals surface area contributed by atoms with E-state index in [4.69, 9.17) is 15.2 Å². The average molecular weight is 270 g/mol. The molecule has 4 heteroatoms. The summed E-state index contributed by atoms with van der Waals surface area (Å²) in [7, 11) is 0. The fourth-order valence-corrected chi connectivity index (χ4v) is 3.60. The van der Waals surface area contributed by atoms with Crippen LogP contribution in [0, 0.1) is 0 Å². The van der Waals surface area contributed by atoms with Crippen molar-refractivity contribution in [1.82, 2.24) is 4.90 Å². The van der Waals surface area contributed by atoms with E-state index in [2.05, 4.69) is 18.7 Å². The van der Waals surface area contributed by atoms with Crippen molar-refractivity contribution < 1.29 is 9.47 Å². The van der Waals surface area contributed by atoms with Gasteiger partial charge in [0.15, 0.2) is 0 Å². The number of likely N-dealkylation sites (tertiary alicyclic amines) is 1. The Hall–Kier alpha value is -0.160. The average Bonchev–Trinajstić information content (AvgIpc) is 2.48. The summed E-state index contributed by atoms with van der Waals surface area (Å²) in [6.45, 7) is 8.99. The molecular weight excluding hydrogens is 240 g/mol. The van der Waals surface area contributed by atoms with E-state index in [0.29, 0.717) is 12.2 Å². The maximum absolute atomic E-state index is 6.15. The zero-order chi connectivity index (χ0) is 13.7. The normalized spacial score (nSPS) is 34.6. The van der Waals surface area contributed by atoms with E-state index in [1.807, 2.05) is 0 Å². The molecule has 2 rings (SSSR count). The van der Waals surface area contributed by atoms with Crippen LogP contribution in [0.3, 0.4) is 0 Å². The highest BCUT2D eigenvalue weighted by Crippen LogP contribution is 2.33. The van der Waals surface area contributed by atoms with Gasteiger partial charge in [-0.05, 0) is 39.0 Å². The number of nitrogens with zero attached hydrogens (tertiary/aromatic N) is 1. The lowest BCUT2D eigenvalue weighted by atomic mass is 9.82. The molecule has 4 nitrogen and oxygen atoms in total. The highest BCUT2D eigenvalue weighted by Gasteiger charge is 2.41. The van der Waals surface area contributed by atoms with Gasteiger partial charge >= 0.3 is 0 Å². The first-order chi connectivity index (χ1) is 9.24. The molecule has 0 radical (unpaired) electrons. The Bertz CT molecular complexity index is 267. The predicted molar refractivity (Wildman–Crippen MR) is 77.3 cm³/mol. The maximum atomic E-state index is 6.15. The van der Waals surface area contributed by atoms with Crippen molar-refractivity contribution in [2.45, 2.75) is 63.7 Å². The molecule has 0 spiro atoms. The van der Waals surface area contributed by atoms with Crippen LogP contribution < -0.4 is 5.73 Å². The van der Waals surface area contributed by atoms with E-state index in [1.54, 1.807) is 0 Å². The largest absolute Gasteiger partial charge is 0.378 e. The molecule has 0 aliphatic carbocycles. The first-order valence-electron chi connectivity index (χ1n) is 7.92. The zero-order valence-electron chi connectivity index (χ0n) is 12.6. The molecule has 0 saturated carbocycles. The first-order valence-corrected chi connectivity index (χ1v) is 7.92. The lowest BCUT2D eigenvalue weighted by molar-refractivity contribution is -0.0900. The predicted octanol–water partition coefficient (Wildman–Crippen LogP) is 1.77. The van der Waals surface area contributed by atoms with Gasteiger partial charge in [-0.3, -0.25) is 4.90 Å². The van der Waals surface area contributed by atoms with Gasteiger partial charge in [0.25, 0.3) is 0 Å². The Labute approximate surface area is 117 Å². The molecule has 0 amide bonds. The second-order valence-electron chi connectivity index (χ2n) is 5.93. The number of hydrogen-bond acceptors (Lipinski definition) is 4. The molecule has 0 aromatic heterocycles. The summed E-state index contributed by atoms with van der Waals surface area (Å²) in [6, 6.07) is 0. The molecule has 19 heavy (non-hydrogen) atoms. The summed E-state index contributed by atoms with van der Waals surface area (Å²) in [6.07, 6.45) is 6.41. The SMILES string of the molecule is CCOC1CCN(C2(CN)CCOC(CC)C2)CC1. The van der Waals surface area contributed by atoms with E-state index < -0.39 is 0 Å². The third-order valence-electron chi connectivity index (χ3n) is 4.88. The summed E-state index contributed by atoms with van der Waals surface area (Å²) in [5, 5.41) is 0. The first kappa shape index (κ1) is 15.2. The minimum Gasteiger partial charge on any atom is -0.378 e. The second-order valence-corrected chi connectivity index (χ2v) is 5.93. The number of rotatable bonds is 5. The van der Waals surface area contributed by atoms with Crippen LogP contribution >= 0.6 is 0 Å². The van der Waals surface area contributed by atoms with Gasteiger partial charge in [0.05, 0.1) is 12.2 Å². The Kier molecular flexibility index (Phi) is 5.63. The van der Waals surface area contributed by atoms with Crippen LogP contribution in [0.4, 0.5) is 0 Å². The zero-order valence-corrected chi connectivity index (χ0v) is 12.6. The van der Waals surface area contributed by atoms with Crippen LogP contribution in [0.5, 0.6) is 0 Å². The van der Waals surface area contributed by atoms with Crippen molar-refractivity contribution in [3.05, 3.63) is 0 Å². The Morgan fingerprint density at radius 1 is 1.32 bits per heavy atom. The molecule has 2 aliphatic heterocycles. The minimum atomic E-state index is 0.177. The second kappa shape index (κ2) is 7.02. The van der Waals surface area contributed by atoms with E-state index in [9.17, 15) is 0 Å². The highest BCUT2D eigenvalue weighted by molar-refractivity contribution is 4.97. The summed E-state index contributed by atoms with van der Waals surface area (Å²) in [5.41, 5.74) is 6.33. The van der Waals surface area contributed by atoms with Crippen molar-refractivity contribution in [2.75, 3.05) is 32.8 Å². The van der Waals surface area contributed by atoms with Crippen LogP contribution in [0.1, 0.15) is 46.0 Å². The third-order valence-corrected chi connectivity index (χ3v) is 4.88. The molecule has 2 saturated heterocycles. The van der Waals surface area contributed by atoms with Crippen LogP contribution in [-0.4, -0.2) is 55.5 Å². The van der Waals surface area contributed by atoms with Gasteiger partial charge in [0.1, 0.15) is 0 Å². The van der Waals surface area contributed by atoms with Crippen LogP contribution in [-0.2, 0) is 9.47 Å². The molecule has 112 valence electrons. The summed E-state index contributed by atoms with van der Waals surface area (Å²) >= 11 is 0. The highest BCUT2D eigenvalue weighted by atomic mass is 16.5. The fourth-order valence-electron chi connectivity index (χ4n) is 3.60. The summed E-state index contributed by atoms with van der Waals surface area (Å²) in [4.78, 5) is 2.62. The van der Waals surface area contributed by atoms with E-state index in [-0.39, 0.29) is 5.54 Å². The Balaban J connectivity index is 1.94. The van der Waals surface area contributed by atoms with Crippen molar-refractivity contribution in [3.63, 3.8) is 0 Å². The molecule has 0 aromatic carbocycles. The molecule has 0 bridgehead atoms. The monoisotopic (exact) mass is 270 g/mol. The van der Waals surface area contributed by atoms with Crippen LogP contribution in [0.25, 0.3) is 0 Å². The number of nitrogens with two attached hydrogens (primary N) is 1. The fraction of sp³-hybridized carbons (Fsp3) is 1.00. The number of hydrogen-bond donors (Lipinski definition) is 1. The molecule has 2 aliphatic rings. The van der Waals surface area contributed by atoms with Crippen molar-refractivity contribution in [3.8, 4) is 0 Å². The molecule has 2 fully saturated rings. The quantitative estimate of drug-likeness (QED) is 0.827. The van der Waals surface area contributed by atoms with Crippen molar-refractivity contribution >= 4 is 0 Å². The molecular formula is C15H30N2O2. The minimum absolute atomic E-state index is 0.177. The van der Waals surface area contributed by atoms with Crippen LogP contribution in [0.15, 0.2) is 0 Å². The standard InChI is InChI=1S/C15H30N2O2/c1-3-13-11-15(12-16,7-10-19-13)17-8-5-14(6-9-17)18-4-2/h13-14H,3-12,16H2,1-2H3. The van der Waals surface area contributed by atoms with E-state index in [1.165, 1.54) is 0 Å². The van der Waals surface area contributed by atoms with Crippen molar-refractivity contribution in [1.29, 1.82) is 0 Å². The van der Waals surface area contributed by atoms with Crippen LogP contribution in [0.2, 0.25) is 0 Å². The van der Waals surface area contributed by atoms with Gasteiger partial charge in [0.2, 0.25) is 0 Å². The van der Waals surface area contributed by atoms with Gasteiger partial charge in [0, 0.05) is 38.4 Å². The maximum Gasteiger partial charge on any atom is 0.0599 e. The van der Waals surface area contributed by atoms with Gasteiger partial charge in [-0.25, -0.2) is 0 Å². The van der Waals surface area contributed by atoms with E-state index >= 15 is 0 Å². The van der Waals surface area contributed by atoms with Gasteiger partial charge in [-0.2, -0.15) is 0 Å². The smallest absolute Gasteiger partial charge is 0.0599 e. The van der Waals surface area contributed by atoms with Crippen molar-refractivity contribution in [2.24, 2.45) is 5.73 Å². The molecule has 0 aromatic rings. The Morgan fingerprint density at radius 2 is 2.05 bits per heavy atom. The molecule has 2 unspecified atom stereocenters. The topological polar surface area (TPSA) is 47.7 Å². The third kappa shape index (κ3) is 3.48. The summed E-state index contributed by atoms with van der Waals surface area (Å²) in [5.74, 6) is 0. The molecule has 2 heterocycles. The van der Waals surface area contributed by atoms with Gasteiger partial charge in [-0.1, -0.05) is 6.92 Å². The van der Waals surface area contributed by atoms with Gasteiger partial charge < -0.3 is 15.2 Å². The molecule has 2 atom stereocenters. The van der Waals surface area contributed by atoms with Gasteiger partial charge in [-0.15, -0.1) is 0 Å². The summed E-state index contributed by atoms with van der Waals surface area (Å²) < 4.78 is 11.6. The lowest BCUT2D eigenvalue weighted by Crippen LogP contribution is -2.60. The lowest BCUT2D eigenvalue weighted by Gasteiger charge is -2.50. The number of ether oxygens (including phenoxy) is 2. The molecule has 2 N–H and O–H groups in total. The number of piperidine rings is 1.